The van der Waals surface area contributed by atoms with Crippen LogP contribution in [0, 0.1) is 0 Å². The van der Waals surface area contributed by atoms with Gasteiger partial charge in [0.1, 0.15) is 0 Å². The second-order valence-electron chi connectivity index (χ2n) is 3.59. The minimum Gasteiger partial charge on any atom is -0.465 e. The van der Waals surface area contributed by atoms with Gasteiger partial charge >= 0.3 is 6.09 Å². The van der Waals surface area contributed by atoms with Crippen molar-refractivity contribution in [2.75, 3.05) is 0 Å². The van der Waals surface area contributed by atoms with E-state index in [1.54, 1.807) is 0 Å². The van der Waals surface area contributed by atoms with Gasteiger partial charge in [0.05, 0.1) is 5.60 Å². The number of amides is 1. The average Bonchev–Trinajstić information content (AvgIpc) is 1.99. The van der Waals surface area contributed by atoms with Gasteiger partial charge in [-0.15, -0.1) is 0 Å². The van der Waals surface area contributed by atoms with Gasteiger partial charge in [0, 0.05) is 6.04 Å². The highest BCUT2D eigenvalue weighted by Gasteiger charge is 2.41. The van der Waals surface area contributed by atoms with E-state index in [0.29, 0.717) is 19.3 Å². The number of carboxylic acid groups (broad SMARTS) is 1. The Morgan fingerprint density at radius 2 is 2.21 bits per heavy atom. The smallest absolute Gasteiger partial charge is 0.410 e. The zero-order chi connectivity index (χ0) is 10.8. The zero-order valence-corrected chi connectivity index (χ0v) is 8.73. The van der Waals surface area contributed by atoms with Crippen molar-refractivity contribution < 1.29 is 15.0 Å². The van der Waals surface area contributed by atoms with Gasteiger partial charge in [0.2, 0.25) is 0 Å². The molecule has 0 heterocycles. The molecule has 0 aromatic rings. The lowest BCUT2D eigenvalue weighted by molar-refractivity contribution is -0.0539. The molecule has 0 aliphatic heterocycles. The number of thiocarbonyl (C=S) groups is 1. The summed E-state index contributed by atoms with van der Waals surface area (Å²) >= 11 is 4.73. The monoisotopic (exact) mass is 218 g/mol. The van der Waals surface area contributed by atoms with E-state index in [0.717, 1.165) is 0 Å². The molecule has 1 aliphatic rings. The molecular weight excluding hydrogens is 204 g/mol. The summed E-state index contributed by atoms with van der Waals surface area (Å²) in [6.45, 7) is 1.92. The minimum atomic E-state index is -1.17. The first-order chi connectivity index (χ1) is 6.45. The van der Waals surface area contributed by atoms with Crippen molar-refractivity contribution >= 4 is 23.4 Å². The van der Waals surface area contributed by atoms with Crippen LogP contribution in [0.25, 0.3) is 0 Å². The van der Waals surface area contributed by atoms with Gasteiger partial charge in [-0.05, 0) is 31.5 Å². The van der Waals surface area contributed by atoms with Crippen LogP contribution in [0.2, 0.25) is 0 Å². The molecule has 0 aromatic heterocycles. The molecule has 5 nitrogen and oxygen atoms in total. The highest BCUT2D eigenvalue weighted by atomic mass is 32.1. The maximum Gasteiger partial charge on any atom is 0.410 e. The molecule has 0 spiro atoms. The average molecular weight is 218 g/mol. The zero-order valence-electron chi connectivity index (χ0n) is 7.91. The first kappa shape index (κ1) is 11.2. The van der Waals surface area contributed by atoms with Crippen LogP contribution in [-0.4, -0.2) is 33.1 Å². The van der Waals surface area contributed by atoms with E-state index in [1.165, 1.54) is 0 Å². The van der Waals surface area contributed by atoms with Crippen LogP contribution in [0.3, 0.4) is 0 Å². The fourth-order valence-electron chi connectivity index (χ4n) is 1.57. The van der Waals surface area contributed by atoms with Crippen LogP contribution in [0.4, 0.5) is 4.79 Å². The number of rotatable bonds is 2. The van der Waals surface area contributed by atoms with Crippen molar-refractivity contribution in [3.63, 3.8) is 0 Å². The highest BCUT2D eigenvalue weighted by molar-refractivity contribution is 7.80. The maximum absolute atomic E-state index is 10.2. The second-order valence-corrected chi connectivity index (χ2v) is 3.99. The number of hydrogen-bond acceptors (Lipinski definition) is 3. The molecular formula is C8H14N2O3S. The predicted molar refractivity (Wildman–Crippen MR) is 55.2 cm³/mol. The highest BCUT2D eigenvalue weighted by Crippen LogP contribution is 2.34. The molecule has 1 saturated carbocycles. The van der Waals surface area contributed by atoms with Gasteiger partial charge in [0.15, 0.2) is 5.11 Å². The van der Waals surface area contributed by atoms with E-state index in [1.807, 2.05) is 12.2 Å². The fourth-order valence-corrected chi connectivity index (χ4v) is 1.82. The molecule has 1 rings (SSSR count). The Morgan fingerprint density at radius 1 is 1.64 bits per heavy atom. The Morgan fingerprint density at radius 3 is 2.64 bits per heavy atom. The minimum absolute atomic E-state index is 0.0827. The fraction of sp³-hybridized carbons (Fsp3) is 0.750. The largest absolute Gasteiger partial charge is 0.465 e. The molecule has 0 radical (unpaired) electrons. The van der Waals surface area contributed by atoms with Crippen molar-refractivity contribution in [2.45, 2.75) is 37.8 Å². The molecule has 1 aliphatic carbocycles. The summed E-state index contributed by atoms with van der Waals surface area (Å²) < 4.78 is 0. The molecule has 14 heavy (non-hydrogen) atoms. The molecule has 80 valence electrons. The Labute approximate surface area is 87.5 Å². The summed E-state index contributed by atoms with van der Waals surface area (Å²) in [7, 11) is 0. The van der Waals surface area contributed by atoms with E-state index in [2.05, 4.69) is 5.32 Å². The lowest BCUT2D eigenvalue weighted by Crippen LogP contribution is -2.56. The third-order valence-corrected chi connectivity index (χ3v) is 2.69. The number of carbonyl (C=O) groups is 1. The van der Waals surface area contributed by atoms with Crippen molar-refractivity contribution in [2.24, 2.45) is 0 Å². The van der Waals surface area contributed by atoms with Crippen molar-refractivity contribution in [1.29, 1.82) is 0 Å². The van der Waals surface area contributed by atoms with Crippen LogP contribution in [0.5, 0.6) is 0 Å². The molecule has 1 amide bonds. The van der Waals surface area contributed by atoms with E-state index in [9.17, 15) is 9.90 Å². The Balaban J connectivity index is 2.23. The summed E-state index contributed by atoms with van der Waals surface area (Å²) in [6, 6.07) is 0.0827. The van der Waals surface area contributed by atoms with Crippen molar-refractivity contribution in [3.8, 4) is 0 Å². The molecule has 1 fully saturated rings. The normalized spacial score (nSPS) is 30.3. The van der Waals surface area contributed by atoms with Crippen LogP contribution in [-0.2, 0) is 0 Å². The summed E-state index contributed by atoms with van der Waals surface area (Å²) in [5.74, 6) is 0. The van der Waals surface area contributed by atoms with Crippen LogP contribution in [0.15, 0.2) is 0 Å². The molecule has 0 aromatic carbocycles. The first-order valence-corrected chi connectivity index (χ1v) is 4.89. The SMILES string of the molecule is CCC1(O)CC(NC(=S)NC(=O)O)C1. The third kappa shape index (κ3) is 2.81. The van der Waals surface area contributed by atoms with E-state index >= 15 is 0 Å². The second kappa shape index (κ2) is 4.10. The van der Waals surface area contributed by atoms with Gasteiger partial charge in [-0.3, -0.25) is 5.32 Å². The standard InChI is InChI=1S/C8H14N2O3S/c1-2-8(13)3-5(4-8)9-6(14)10-7(11)12/h5,13H,2-4H2,1H3,(H,11,12)(H2,9,10,14). The first-order valence-electron chi connectivity index (χ1n) is 4.48. The summed E-state index contributed by atoms with van der Waals surface area (Å²) in [5.41, 5.74) is -0.587. The Hall–Kier alpha value is -0.880. The lowest BCUT2D eigenvalue weighted by atomic mass is 9.74. The molecule has 0 atom stereocenters. The van der Waals surface area contributed by atoms with Crippen LogP contribution >= 0.6 is 12.2 Å². The van der Waals surface area contributed by atoms with Crippen molar-refractivity contribution in [3.05, 3.63) is 0 Å². The van der Waals surface area contributed by atoms with Gasteiger partial charge in [-0.1, -0.05) is 6.92 Å². The topological polar surface area (TPSA) is 81.6 Å². The molecule has 6 heteroatoms. The molecule has 0 unspecified atom stereocenters. The Bertz CT molecular complexity index is 251. The van der Waals surface area contributed by atoms with Gasteiger partial charge < -0.3 is 15.5 Å². The van der Waals surface area contributed by atoms with Crippen molar-refractivity contribution in [1.82, 2.24) is 10.6 Å². The predicted octanol–water partition coefficient (Wildman–Crippen LogP) is 0.432. The van der Waals surface area contributed by atoms with Gasteiger partial charge in [-0.25, -0.2) is 4.79 Å². The number of hydrogen-bond donors (Lipinski definition) is 4. The Kier molecular flexibility index (Phi) is 3.28. The number of aliphatic hydroxyl groups is 1. The van der Waals surface area contributed by atoms with E-state index in [4.69, 9.17) is 17.3 Å². The molecule has 4 N–H and O–H groups in total. The maximum atomic E-state index is 10.2. The van der Waals surface area contributed by atoms with Gasteiger partial charge in [0.25, 0.3) is 0 Å². The molecule has 0 bridgehead atoms. The number of nitrogens with one attached hydrogen (secondary N) is 2. The quantitative estimate of drug-likeness (QED) is 0.505. The van der Waals surface area contributed by atoms with Crippen LogP contribution in [0.1, 0.15) is 26.2 Å². The molecule has 0 saturated heterocycles. The third-order valence-electron chi connectivity index (χ3n) is 2.47. The summed E-state index contributed by atoms with van der Waals surface area (Å²) in [4.78, 5) is 10.2. The van der Waals surface area contributed by atoms with E-state index < -0.39 is 11.7 Å². The van der Waals surface area contributed by atoms with Crippen LogP contribution < -0.4 is 10.6 Å². The van der Waals surface area contributed by atoms with Gasteiger partial charge in [-0.2, -0.15) is 0 Å². The lowest BCUT2D eigenvalue weighted by Gasteiger charge is -2.43. The summed E-state index contributed by atoms with van der Waals surface area (Å²) in [5, 5.41) is 23.0. The summed E-state index contributed by atoms with van der Waals surface area (Å²) in [6.07, 6.45) is 0.771. The van der Waals surface area contributed by atoms with E-state index in [-0.39, 0.29) is 11.2 Å².